The molecule has 1 fully saturated rings. The number of nitrogens with zero attached hydrogens (tertiary/aromatic N) is 3. The van der Waals surface area contributed by atoms with E-state index in [2.05, 4.69) is 67.6 Å². The minimum absolute atomic E-state index is 0.295. The van der Waals surface area contributed by atoms with Gasteiger partial charge in [0.15, 0.2) is 0 Å². The summed E-state index contributed by atoms with van der Waals surface area (Å²) < 4.78 is 2.15. The van der Waals surface area contributed by atoms with E-state index in [-0.39, 0.29) is 0 Å². The molecule has 21 heavy (non-hydrogen) atoms. The second-order valence-corrected chi connectivity index (χ2v) is 7.53. The molecule has 2 atom stereocenters. The van der Waals surface area contributed by atoms with Crippen LogP contribution in [0.15, 0.2) is 6.07 Å². The number of nitrogens with one attached hydrogen (secondary N) is 1. The summed E-state index contributed by atoms with van der Waals surface area (Å²) in [4.78, 5) is 2.62. The third-order valence-corrected chi connectivity index (χ3v) is 4.69. The molecule has 4 heteroatoms. The van der Waals surface area contributed by atoms with Gasteiger partial charge in [-0.05, 0) is 45.2 Å². The van der Waals surface area contributed by atoms with E-state index in [1.54, 1.807) is 0 Å². The molecule has 1 N–H and O–H groups in total. The zero-order valence-corrected chi connectivity index (χ0v) is 14.6. The molecular formula is C17H32N4. The van der Waals surface area contributed by atoms with Crippen LogP contribution in [-0.2, 0) is 13.1 Å². The fourth-order valence-corrected chi connectivity index (χ4v) is 3.14. The molecule has 0 radical (unpaired) electrons. The Morgan fingerprint density at radius 1 is 1.38 bits per heavy atom. The molecule has 1 aromatic rings. The van der Waals surface area contributed by atoms with Crippen molar-refractivity contribution in [2.75, 3.05) is 13.1 Å². The summed E-state index contributed by atoms with van der Waals surface area (Å²) in [6.07, 6.45) is 1.21. The fraction of sp³-hybridized carbons (Fsp3) is 0.824. The van der Waals surface area contributed by atoms with Crippen molar-refractivity contribution in [3.8, 4) is 0 Å². The smallest absolute Gasteiger partial charge is 0.0597 e. The SMILES string of the molecule is CCn1nc(C)cc1CN1CC(C(C)(C)C)NCCC1C. The van der Waals surface area contributed by atoms with Crippen LogP contribution >= 0.6 is 0 Å². The van der Waals surface area contributed by atoms with E-state index in [1.807, 2.05) is 0 Å². The van der Waals surface area contributed by atoms with Crippen molar-refractivity contribution < 1.29 is 0 Å². The standard InChI is InChI=1S/C17H32N4/c1-7-21-15(10-13(2)19-21)11-20-12-16(17(4,5)6)18-9-8-14(20)3/h10,14,16,18H,7-9,11-12H2,1-6H3. The van der Waals surface area contributed by atoms with Crippen molar-refractivity contribution in [3.05, 3.63) is 17.5 Å². The predicted molar refractivity (Wildman–Crippen MR) is 88.4 cm³/mol. The van der Waals surface area contributed by atoms with Crippen LogP contribution in [0, 0.1) is 12.3 Å². The molecular weight excluding hydrogens is 260 g/mol. The van der Waals surface area contributed by atoms with Gasteiger partial charge in [-0.2, -0.15) is 5.10 Å². The Kier molecular flexibility index (Phi) is 5.10. The van der Waals surface area contributed by atoms with E-state index in [1.165, 1.54) is 12.1 Å². The Labute approximate surface area is 129 Å². The largest absolute Gasteiger partial charge is 0.312 e. The van der Waals surface area contributed by atoms with Gasteiger partial charge < -0.3 is 5.32 Å². The molecule has 1 aliphatic heterocycles. The molecule has 1 saturated heterocycles. The van der Waals surface area contributed by atoms with Crippen LogP contribution in [-0.4, -0.2) is 39.9 Å². The zero-order valence-electron chi connectivity index (χ0n) is 14.6. The van der Waals surface area contributed by atoms with E-state index in [0.717, 1.165) is 31.9 Å². The summed E-state index contributed by atoms with van der Waals surface area (Å²) >= 11 is 0. The van der Waals surface area contributed by atoms with Crippen molar-refractivity contribution >= 4 is 0 Å². The number of hydrogen-bond donors (Lipinski definition) is 1. The van der Waals surface area contributed by atoms with Gasteiger partial charge >= 0.3 is 0 Å². The van der Waals surface area contributed by atoms with Gasteiger partial charge in [-0.25, -0.2) is 0 Å². The van der Waals surface area contributed by atoms with E-state index < -0.39 is 0 Å². The van der Waals surface area contributed by atoms with E-state index in [4.69, 9.17) is 0 Å². The van der Waals surface area contributed by atoms with E-state index in [0.29, 0.717) is 17.5 Å². The normalized spacial score (nSPS) is 25.0. The lowest BCUT2D eigenvalue weighted by Gasteiger charge is -2.35. The quantitative estimate of drug-likeness (QED) is 0.930. The molecule has 4 nitrogen and oxygen atoms in total. The van der Waals surface area contributed by atoms with Crippen molar-refractivity contribution in [1.82, 2.24) is 20.0 Å². The second kappa shape index (κ2) is 6.49. The van der Waals surface area contributed by atoms with Gasteiger partial charge in [-0.15, -0.1) is 0 Å². The Bertz CT molecular complexity index is 458. The monoisotopic (exact) mass is 292 g/mol. The lowest BCUT2D eigenvalue weighted by molar-refractivity contribution is 0.154. The Morgan fingerprint density at radius 3 is 2.71 bits per heavy atom. The summed E-state index contributed by atoms with van der Waals surface area (Å²) in [6, 6.07) is 3.40. The predicted octanol–water partition coefficient (Wildman–Crippen LogP) is 2.81. The summed E-state index contributed by atoms with van der Waals surface area (Å²) in [7, 11) is 0. The third-order valence-electron chi connectivity index (χ3n) is 4.69. The van der Waals surface area contributed by atoms with Gasteiger partial charge in [0.1, 0.15) is 0 Å². The Balaban J connectivity index is 2.15. The first-order chi connectivity index (χ1) is 9.81. The third kappa shape index (κ3) is 4.07. The van der Waals surface area contributed by atoms with E-state index in [9.17, 15) is 0 Å². The molecule has 0 aromatic carbocycles. The second-order valence-electron chi connectivity index (χ2n) is 7.53. The van der Waals surface area contributed by atoms with Crippen LogP contribution in [0.2, 0.25) is 0 Å². The molecule has 0 amide bonds. The first-order valence-corrected chi connectivity index (χ1v) is 8.32. The summed E-state index contributed by atoms with van der Waals surface area (Å²) in [5.41, 5.74) is 2.76. The van der Waals surface area contributed by atoms with Crippen LogP contribution < -0.4 is 5.32 Å². The fourth-order valence-electron chi connectivity index (χ4n) is 3.14. The average Bonchev–Trinajstić information content (AvgIpc) is 2.63. The summed E-state index contributed by atoms with van der Waals surface area (Å²) in [5.74, 6) is 0. The molecule has 1 aromatic heterocycles. The first kappa shape index (κ1) is 16.5. The molecule has 0 aliphatic carbocycles. The molecule has 0 spiro atoms. The highest BCUT2D eigenvalue weighted by molar-refractivity contribution is 5.09. The van der Waals surface area contributed by atoms with Gasteiger partial charge in [0.2, 0.25) is 0 Å². The van der Waals surface area contributed by atoms with E-state index >= 15 is 0 Å². The van der Waals surface area contributed by atoms with Crippen molar-refractivity contribution in [2.24, 2.45) is 5.41 Å². The van der Waals surface area contributed by atoms with Gasteiger partial charge in [0.25, 0.3) is 0 Å². The lowest BCUT2D eigenvalue weighted by atomic mass is 9.86. The minimum atomic E-state index is 0.295. The number of aryl methyl sites for hydroxylation is 2. The maximum Gasteiger partial charge on any atom is 0.0597 e. The van der Waals surface area contributed by atoms with Crippen LogP contribution in [0.4, 0.5) is 0 Å². The lowest BCUT2D eigenvalue weighted by Crippen LogP contribution is -2.47. The number of aromatic nitrogens is 2. The Hall–Kier alpha value is -0.870. The van der Waals surface area contributed by atoms with Gasteiger partial charge in [-0.1, -0.05) is 20.8 Å². The van der Waals surface area contributed by atoms with Crippen molar-refractivity contribution in [2.45, 2.75) is 73.1 Å². The zero-order chi connectivity index (χ0) is 15.6. The highest BCUT2D eigenvalue weighted by Crippen LogP contribution is 2.24. The highest BCUT2D eigenvalue weighted by atomic mass is 15.3. The van der Waals surface area contributed by atoms with Gasteiger partial charge in [0, 0.05) is 31.7 Å². The minimum Gasteiger partial charge on any atom is -0.312 e. The maximum absolute atomic E-state index is 4.59. The number of hydrogen-bond acceptors (Lipinski definition) is 3. The molecule has 2 heterocycles. The highest BCUT2D eigenvalue weighted by Gasteiger charge is 2.30. The molecule has 2 rings (SSSR count). The topological polar surface area (TPSA) is 33.1 Å². The molecule has 0 bridgehead atoms. The molecule has 1 aliphatic rings. The first-order valence-electron chi connectivity index (χ1n) is 8.32. The maximum atomic E-state index is 4.59. The molecule has 120 valence electrons. The molecule has 2 unspecified atom stereocenters. The average molecular weight is 292 g/mol. The van der Waals surface area contributed by atoms with Crippen LogP contribution in [0.5, 0.6) is 0 Å². The number of rotatable bonds is 3. The van der Waals surface area contributed by atoms with Gasteiger partial charge in [-0.3, -0.25) is 9.58 Å². The van der Waals surface area contributed by atoms with Crippen LogP contribution in [0.25, 0.3) is 0 Å². The Morgan fingerprint density at radius 2 is 2.10 bits per heavy atom. The van der Waals surface area contributed by atoms with Crippen LogP contribution in [0.3, 0.4) is 0 Å². The van der Waals surface area contributed by atoms with Crippen LogP contribution in [0.1, 0.15) is 52.4 Å². The van der Waals surface area contributed by atoms with Crippen molar-refractivity contribution in [3.63, 3.8) is 0 Å². The summed E-state index contributed by atoms with van der Waals surface area (Å²) in [6.45, 7) is 17.8. The van der Waals surface area contributed by atoms with Crippen molar-refractivity contribution in [1.29, 1.82) is 0 Å². The van der Waals surface area contributed by atoms with Gasteiger partial charge in [0.05, 0.1) is 11.4 Å². The molecule has 0 saturated carbocycles. The summed E-state index contributed by atoms with van der Waals surface area (Å²) in [5, 5.41) is 8.32.